The number of rotatable bonds is 3. The number of nitrogens with zero attached hydrogens (tertiary/aromatic N) is 1. The average Bonchev–Trinajstić information content (AvgIpc) is 2.15. The van der Waals surface area contributed by atoms with Crippen molar-refractivity contribution >= 4 is 21.9 Å². The van der Waals surface area contributed by atoms with E-state index >= 15 is 0 Å². The van der Waals surface area contributed by atoms with Crippen LogP contribution in [0.1, 0.15) is 28.0 Å². The normalized spacial score (nSPS) is 10.7. The van der Waals surface area contributed by atoms with E-state index < -0.39 is 23.7 Å². The Labute approximate surface area is 92.2 Å². The van der Waals surface area contributed by atoms with Gasteiger partial charge in [-0.1, -0.05) is 0 Å². The van der Waals surface area contributed by atoms with Crippen molar-refractivity contribution in [2.75, 3.05) is 0 Å². The first-order valence-electron chi connectivity index (χ1n) is 3.87. The third-order valence-electron chi connectivity index (χ3n) is 1.78. The summed E-state index contributed by atoms with van der Waals surface area (Å²) in [4.78, 5) is 14.2. The topological polar surface area (TPSA) is 76.2 Å². The molecular formula is C8H7BrF2N2O2. The van der Waals surface area contributed by atoms with Crippen LogP contribution >= 0.6 is 15.9 Å². The predicted molar refractivity (Wildman–Crippen MR) is 51.7 cm³/mol. The van der Waals surface area contributed by atoms with Gasteiger partial charge in [0.2, 0.25) is 0 Å². The second kappa shape index (κ2) is 4.63. The number of aromatic nitrogens is 1. The first kappa shape index (κ1) is 12.0. The zero-order valence-electron chi connectivity index (χ0n) is 7.38. The number of carboxylic acids is 1. The smallest absolute Gasteiger partial charge is 0.355 e. The fourth-order valence-electron chi connectivity index (χ4n) is 1.08. The molecule has 1 rings (SSSR count). The molecule has 1 heterocycles. The predicted octanol–water partition coefficient (Wildman–Crippen LogP) is 1.94. The number of aromatic carboxylic acids is 1. The summed E-state index contributed by atoms with van der Waals surface area (Å²) in [5.74, 6) is -1.37. The number of halogens is 3. The van der Waals surface area contributed by atoms with Gasteiger partial charge >= 0.3 is 5.97 Å². The molecule has 0 saturated heterocycles. The molecule has 0 radical (unpaired) electrons. The Balaban J connectivity index is 3.42. The molecule has 0 unspecified atom stereocenters. The van der Waals surface area contributed by atoms with Crippen molar-refractivity contribution in [3.63, 3.8) is 0 Å². The monoisotopic (exact) mass is 280 g/mol. The lowest BCUT2D eigenvalue weighted by molar-refractivity contribution is 0.0688. The lowest BCUT2D eigenvalue weighted by Crippen LogP contribution is -2.09. The second-order valence-corrected chi connectivity index (χ2v) is 3.46. The minimum absolute atomic E-state index is 0.120. The zero-order valence-corrected chi connectivity index (χ0v) is 8.96. The Bertz CT molecular complexity index is 398. The third-order valence-corrected chi connectivity index (χ3v) is 2.58. The highest BCUT2D eigenvalue weighted by atomic mass is 79.9. The van der Waals surface area contributed by atoms with Crippen molar-refractivity contribution in [2.24, 2.45) is 5.73 Å². The van der Waals surface area contributed by atoms with Gasteiger partial charge in [0.1, 0.15) is 0 Å². The molecule has 4 nitrogen and oxygen atoms in total. The maximum atomic E-state index is 12.6. The molecule has 0 spiro atoms. The summed E-state index contributed by atoms with van der Waals surface area (Å²) in [6, 6.07) is 0. The van der Waals surface area contributed by atoms with Gasteiger partial charge in [-0.3, -0.25) is 0 Å². The largest absolute Gasteiger partial charge is 0.476 e. The number of carbonyl (C=O) groups is 1. The fourth-order valence-corrected chi connectivity index (χ4v) is 1.78. The van der Waals surface area contributed by atoms with Gasteiger partial charge < -0.3 is 10.8 Å². The van der Waals surface area contributed by atoms with Gasteiger partial charge in [-0.25, -0.2) is 18.6 Å². The quantitative estimate of drug-likeness (QED) is 0.887. The number of carboxylic acid groups (broad SMARTS) is 1. The van der Waals surface area contributed by atoms with Crippen LogP contribution in [0.4, 0.5) is 8.78 Å². The lowest BCUT2D eigenvalue weighted by Gasteiger charge is -2.10. The molecule has 0 amide bonds. The van der Waals surface area contributed by atoms with Gasteiger partial charge in [0.05, 0.1) is 4.47 Å². The van der Waals surface area contributed by atoms with Crippen LogP contribution in [0, 0.1) is 0 Å². The summed E-state index contributed by atoms with van der Waals surface area (Å²) >= 11 is 2.80. The van der Waals surface area contributed by atoms with E-state index in [4.69, 9.17) is 10.8 Å². The minimum Gasteiger partial charge on any atom is -0.476 e. The highest BCUT2D eigenvalue weighted by Crippen LogP contribution is 2.32. The van der Waals surface area contributed by atoms with Gasteiger partial charge in [-0.05, 0) is 21.5 Å². The first-order chi connectivity index (χ1) is 6.99. The van der Waals surface area contributed by atoms with Crippen molar-refractivity contribution in [3.8, 4) is 0 Å². The van der Waals surface area contributed by atoms with Crippen molar-refractivity contribution < 1.29 is 18.7 Å². The Hall–Kier alpha value is -1.08. The van der Waals surface area contributed by atoms with Crippen LogP contribution in [0.15, 0.2) is 10.7 Å². The van der Waals surface area contributed by atoms with Crippen LogP contribution in [-0.2, 0) is 6.54 Å². The summed E-state index contributed by atoms with van der Waals surface area (Å²) in [7, 11) is 0. The molecule has 0 aliphatic heterocycles. The molecule has 3 N–H and O–H groups in total. The Morgan fingerprint density at radius 1 is 1.67 bits per heavy atom. The highest BCUT2D eigenvalue weighted by Gasteiger charge is 2.22. The second-order valence-electron chi connectivity index (χ2n) is 2.67. The van der Waals surface area contributed by atoms with E-state index in [-0.39, 0.29) is 16.6 Å². The molecule has 0 fully saturated rings. The van der Waals surface area contributed by atoms with Gasteiger partial charge in [-0.2, -0.15) is 0 Å². The van der Waals surface area contributed by atoms with Crippen LogP contribution in [0.2, 0.25) is 0 Å². The SMILES string of the molecule is NCc1cnc(C(=O)O)c(Br)c1C(F)F. The van der Waals surface area contributed by atoms with E-state index in [0.717, 1.165) is 6.20 Å². The maximum Gasteiger partial charge on any atom is 0.355 e. The van der Waals surface area contributed by atoms with E-state index in [1.165, 1.54) is 0 Å². The standard InChI is InChI=1S/C8H7BrF2N2O2/c9-5-4(7(10)11)3(1-12)2-13-6(5)8(14)15/h2,7H,1,12H2,(H,14,15). The van der Waals surface area contributed by atoms with Gasteiger partial charge in [-0.15, -0.1) is 0 Å². The number of hydrogen-bond donors (Lipinski definition) is 2. The van der Waals surface area contributed by atoms with Gasteiger partial charge in [0.15, 0.2) is 5.69 Å². The van der Waals surface area contributed by atoms with Crippen LogP contribution in [0.3, 0.4) is 0 Å². The molecule has 1 aromatic rings. The Morgan fingerprint density at radius 2 is 2.27 bits per heavy atom. The zero-order chi connectivity index (χ0) is 11.6. The summed E-state index contributed by atoms with van der Waals surface area (Å²) in [5.41, 5.74) is 4.51. The number of nitrogens with two attached hydrogens (primary N) is 1. The Kier molecular flexibility index (Phi) is 3.70. The Morgan fingerprint density at radius 3 is 2.67 bits per heavy atom. The maximum absolute atomic E-state index is 12.6. The molecule has 1 aromatic heterocycles. The average molecular weight is 281 g/mol. The molecule has 0 aliphatic carbocycles. The molecule has 0 saturated carbocycles. The van der Waals surface area contributed by atoms with Crippen LogP contribution in [-0.4, -0.2) is 16.1 Å². The summed E-state index contributed by atoms with van der Waals surface area (Å²) in [6.07, 6.45) is -1.74. The molecule has 15 heavy (non-hydrogen) atoms. The van der Waals surface area contributed by atoms with E-state index in [1.54, 1.807) is 0 Å². The van der Waals surface area contributed by atoms with Gasteiger partial charge in [0.25, 0.3) is 6.43 Å². The molecule has 0 atom stereocenters. The van der Waals surface area contributed by atoms with E-state index in [9.17, 15) is 13.6 Å². The molecule has 82 valence electrons. The van der Waals surface area contributed by atoms with Crippen LogP contribution < -0.4 is 5.73 Å². The van der Waals surface area contributed by atoms with E-state index in [0.29, 0.717) is 0 Å². The molecule has 0 aromatic carbocycles. The van der Waals surface area contributed by atoms with Crippen molar-refractivity contribution in [2.45, 2.75) is 13.0 Å². The molecule has 7 heteroatoms. The van der Waals surface area contributed by atoms with Crippen LogP contribution in [0.25, 0.3) is 0 Å². The lowest BCUT2D eigenvalue weighted by atomic mass is 10.1. The summed E-state index contributed by atoms with van der Waals surface area (Å²) < 4.78 is 25.0. The third kappa shape index (κ3) is 2.29. The van der Waals surface area contributed by atoms with E-state index in [1.807, 2.05) is 0 Å². The van der Waals surface area contributed by atoms with Crippen molar-refractivity contribution in [3.05, 3.63) is 27.5 Å². The number of pyridine rings is 1. The first-order valence-corrected chi connectivity index (χ1v) is 4.67. The fraction of sp³-hybridized carbons (Fsp3) is 0.250. The van der Waals surface area contributed by atoms with Crippen molar-refractivity contribution in [1.29, 1.82) is 0 Å². The minimum atomic E-state index is -2.79. The molecular weight excluding hydrogens is 274 g/mol. The number of hydrogen-bond acceptors (Lipinski definition) is 3. The summed E-state index contributed by atoms with van der Waals surface area (Å²) in [6.45, 7) is -0.120. The van der Waals surface area contributed by atoms with Gasteiger partial charge in [0, 0.05) is 18.3 Å². The molecule has 0 aliphatic rings. The molecule has 0 bridgehead atoms. The van der Waals surface area contributed by atoms with E-state index in [2.05, 4.69) is 20.9 Å². The highest BCUT2D eigenvalue weighted by molar-refractivity contribution is 9.10. The summed E-state index contributed by atoms with van der Waals surface area (Å²) in [5, 5.41) is 8.67. The van der Waals surface area contributed by atoms with Crippen molar-refractivity contribution in [1.82, 2.24) is 4.98 Å². The number of alkyl halides is 2. The van der Waals surface area contributed by atoms with Crippen LogP contribution in [0.5, 0.6) is 0 Å².